The molecule has 2 aromatic carbocycles. The molecule has 180 valence electrons. The van der Waals surface area contributed by atoms with Crippen LogP contribution in [0.15, 0.2) is 83.3 Å². The number of hydrogen-bond acceptors (Lipinski definition) is 5. The van der Waals surface area contributed by atoms with Crippen LogP contribution >= 0.6 is 0 Å². The molecule has 36 heavy (non-hydrogen) atoms. The van der Waals surface area contributed by atoms with E-state index in [2.05, 4.69) is 31.1 Å². The molecule has 0 fully saturated rings. The summed E-state index contributed by atoms with van der Waals surface area (Å²) < 4.78 is 7.36. The summed E-state index contributed by atoms with van der Waals surface area (Å²) in [5, 5.41) is 12.4. The molecule has 0 unspecified atom stereocenters. The van der Waals surface area contributed by atoms with Gasteiger partial charge in [-0.1, -0.05) is 51.1 Å². The number of nitrogens with one attached hydrogen (secondary N) is 1. The number of nitriles is 1. The van der Waals surface area contributed by atoms with E-state index in [9.17, 15) is 14.9 Å². The van der Waals surface area contributed by atoms with Crippen LogP contribution in [0.4, 0.5) is 5.69 Å². The molecule has 0 aliphatic rings. The second kappa shape index (κ2) is 9.88. The largest absolute Gasteiger partial charge is 0.438 e. The van der Waals surface area contributed by atoms with Crippen molar-refractivity contribution < 1.29 is 9.53 Å². The monoisotopic (exact) mass is 478 g/mol. The first-order valence-corrected chi connectivity index (χ1v) is 11.5. The molecule has 0 atom stereocenters. The van der Waals surface area contributed by atoms with Gasteiger partial charge >= 0.3 is 0 Å². The van der Waals surface area contributed by atoms with Gasteiger partial charge in [0.1, 0.15) is 28.6 Å². The Hall–Kier alpha value is -4.70. The average molecular weight is 479 g/mol. The number of aromatic nitrogens is 2. The number of rotatable bonds is 5. The van der Waals surface area contributed by atoms with E-state index < -0.39 is 11.5 Å². The maximum Gasteiger partial charge on any atom is 0.269 e. The molecule has 4 aromatic rings. The molecule has 0 radical (unpaired) electrons. The molecule has 7 nitrogen and oxygen atoms in total. The van der Waals surface area contributed by atoms with E-state index in [-0.39, 0.29) is 22.4 Å². The Morgan fingerprint density at radius 2 is 1.83 bits per heavy atom. The van der Waals surface area contributed by atoms with Gasteiger partial charge in [-0.05, 0) is 65.9 Å². The summed E-state index contributed by atoms with van der Waals surface area (Å²) >= 11 is 0. The Kier molecular flexibility index (Phi) is 6.71. The van der Waals surface area contributed by atoms with Gasteiger partial charge in [-0.2, -0.15) is 10.2 Å². The van der Waals surface area contributed by atoms with Crippen molar-refractivity contribution in [3.05, 3.63) is 106 Å². The predicted molar refractivity (Wildman–Crippen MR) is 140 cm³/mol. The highest BCUT2D eigenvalue weighted by molar-refractivity contribution is 6.09. The van der Waals surface area contributed by atoms with Crippen molar-refractivity contribution in [1.82, 2.24) is 9.38 Å². The van der Waals surface area contributed by atoms with Gasteiger partial charge in [-0.3, -0.25) is 14.0 Å². The zero-order chi connectivity index (χ0) is 25.9. The molecule has 0 saturated carbocycles. The van der Waals surface area contributed by atoms with Crippen molar-refractivity contribution >= 4 is 23.3 Å². The van der Waals surface area contributed by atoms with Crippen molar-refractivity contribution in [2.45, 2.75) is 33.1 Å². The number of fused-ring (bicyclic) bond motifs is 1. The minimum absolute atomic E-state index is 0.00506. The standard InChI is InChI=1S/C29H26N4O3/c1-19-8-7-9-22(16-19)31-26(34)20(18-30)17-24-27(32-25-10-5-6-15-33(25)28(24)35)36-23-13-11-21(12-14-23)29(2,3)4/h5-17H,1-4H3,(H,31,34). The molecule has 7 heteroatoms. The van der Waals surface area contributed by atoms with Crippen LogP contribution < -0.4 is 15.6 Å². The minimum Gasteiger partial charge on any atom is -0.438 e. The number of nitrogens with zero attached hydrogens (tertiary/aromatic N) is 3. The molecule has 0 saturated heterocycles. The fraction of sp³-hybridized carbons (Fsp3) is 0.172. The minimum atomic E-state index is -0.638. The number of carbonyl (C=O) groups is 1. The number of benzene rings is 2. The van der Waals surface area contributed by atoms with Gasteiger partial charge in [0.2, 0.25) is 5.88 Å². The lowest BCUT2D eigenvalue weighted by Crippen LogP contribution is -2.20. The van der Waals surface area contributed by atoms with E-state index in [4.69, 9.17) is 4.74 Å². The summed E-state index contributed by atoms with van der Waals surface area (Å²) in [5.41, 5.74) is 2.26. The van der Waals surface area contributed by atoms with Crippen molar-refractivity contribution in [3.63, 3.8) is 0 Å². The fourth-order valence-corrected chi connectivity index (χ4v) is 3.63. The number of carbonyl (C=O) groups excluding carboxylic acids is 1. The highest BCUT2D eigenvalue weighted by atomic mass is 16.5. The zero-order valence-corrected chi connectivity index (χ0v) is 20.6. The van der Waals surface area contributed by atoms with E-state index in [1.165, 1.54) is 10.5 Å². The van der Waals surface area contributed by atoms with Crippen molar-refractivity contribution in [2.75, 3.05) is 5.32 Å². The van der Waals surface area contributed by atoms with Crippen LogP contribution in [0, 0.1) is 18.3 Å². The zero-order valence-electron chi connectivity index (χ0n) is 20.6. The lowest BCUT2D eigenvalue weighted by Gasteiger charge is -2.19. The van der Waals surface area contributed by atoms with Crippen LogP contribution in [0.2, 0.25) is 0 Å². The molecule has 1 N–H and O–H groups in total. The first kappa shape index (κ1) is 24.4. The molecule has 2 heterocycles. The lowest BCUT2D eigenvalue weighted by molar-refractivity contribution is -0.112. The van der Waals surface area contributed by atoms with E-state index in [1.807, 2.05) is 31.2 Å². The Balaban J connectivity index is 1.77. The highest BCUT2D eigenvalue weighted by Gasteiger charge is 2.18. The third-order valence-corrected chi connectivity index (χ3v) is 5.60. The topological polar surface area (TPSA) is 96.5 Å². The summed E-state index contributed by atoms with van der Waals surface area (Å²) in [4.78, 5) is 30.7. The normalized spacial score (nSPS) is 11.7. The molecule has 2 aromatic heterocycles. The number of hydrogen-bond donors (Lipinski definition) is 1. The van der Waals surface area contributed by atoms with Crippen LogP contribution in [0.5, 0.6) is 11.6 Å². The lowest BCUT2D eigenvalue weighted by atomic mass is 9.87. The van der Waals surface area contributed by atoms with Crippen molar-refractivity contribution in [2.24, 2.45) is 0 Å². The maximum atomic E-state index is 13.4. The van der Waals surface area contributed by atoms with E-state index in [0.29, 0.717) is 17.1 Å². The summed E-state index contributed by atoms with van der Waals surface area (Å²) in [6.07, 6.45) is 2.79. The van der Waals surface area contributed by atoms with Gasteiger partial charge in [0.05, 0.1) is 0 Å². The first-order chi connectivity index (χ1) is 17.2. The third kappa shape index (κ3) is 5.34. The second-order valence-corrected chi connectivity index (χ2v) is 9.43. The summed E-state index contributed by atoms with van der Waals surface area (Å²) in [5.74, 6) is -0.153. The van der Waals surface area contributed by atoms with Crippen LogP contribution in [0.1, 0.15) is 37.5 Å². The third-order valence-electron chi connectivity index (χ3n) is 5.60. The number of anilines is 1. The average Bonchev–Trinajstić information content (AvgIpc) is 2.84. The number of pyridine rings is 1. The van der Waals surface area contributed by atoms with Crippen molar-refractivity contribution in [3.8, 4) is 17.7 Å². The molecule has 4 rings (SSSR count). The maximum absolute atomic E-state index is 13.4. The van der Waals surface area contributed by atoms with Crippen LogP contribution in [0.3, 0.4) is 0 Å². The van der Waals surface area contributed by atoms with Crippen LogP contribution in [-0.4, -0.2) is 15.3 Å². The van der Waals surface area contributed by atoms with E-state index in [0.717, 1.165) is 11.1 Å². The summed E-state index contributed by atoms with van der Waals surface area (Å²) in [7, 11) is 0. The van der Waals surface area contributed by atoms with Crippen LogP contribution in [0.25, 0.3) is 11.7 Å². The Morgan fingerprint density at radius 3 is 2.50 bits per heavy atom. The Bertz CT molecular complexity index is 1570. The van der Waals surface area contributed by atoms with E-state index in [1.54, 1.807) is 54.7 Å². The summed E-state index contributed by atoms with van der Waals surface area (Å²) in [6, 6.07) is 21.8. The smallest absolute Gasteiger partial charge is 0.269 e. The molecule has 0 aliphatic heterocycles. The predicted octanol–water partition coefficient (Wildman–Crippen LogP) is 5.64. The molecule has 0 spiro atoms. The van der Waals surface area contributed by atoms with Gasteiger partial charge in [-0.15, -0.1) is 0 Å². The molecule has 1 amide bonds. The van der Waals surface area contributed by atoms with Crippen molar-refractivity contribution in [1.29, 1.82) is 5.26 Å². The van der Waals surface area contributed by atoms with E-state index >= 15 is 0 Å². The quantitative estimate of drug-likeness (QED) is 0.296. The summed E-state index contributed by atoms with van der Waals surface area (Å²) in [6.45, 7) is 8.24. The molecule has 0 bridgehead atoms. The van der Waals surface area contributed by atoms with Gasteiger partial charge in [-0.25, -0.2) is 0 Å². The second-order valence-electron chi connectivity index (χ2n) is 9.43. The number of amides is 1. The molecule has 0 aliphatic carbocycles. The highest BCUT2D eigenvalue weighted by Crippen LogP contribution is 2.28. The van der Waals surface area contributed by atoms with Gasteiger partial charge in [0.25, 0.3) is 11.5 Å². The SMILES string of the molecule is Cc1cccc(NC(=O)C(C#N)=Cc2c(Oc3ccc(C(C)(C)C)cc3)nc3ccccn3c2=O)c1. The number of aryl methyl sites for hydroxylation is 1. The van der Waals surface area contributed by atoms with Gasteiger partial charge in [0.15, 0.2) is 0 Å². The van der Waals surface area contributed by atoms with Crippen LogP contribution in [-0.2, 0) is 10.2 Å². The van der Waals surface area contributed by atoms with Gasteiger partial charge in [0, 0.05) is 11.9 Å². The molecular weight excluding hydrogens is 452 g/mol. The van der Waals surface area contributed by atoms with Gasteiger partial charge < -0.3 is 10.1 Å². The fourth-order valence-electron chi connectivity index (χ4n) is 3.63. The first-order valence-electron chi connectivity index (χ1n) is 11.5. The Morgan fingerprint density at radius 1 is 1.08 bits per heavy atom. The number of ether oxygens (including phenoxy) is 1. The Labute approximate surface area is 209 Å². The molecular formula is C29H26N4O3.